The summed E-state index contributed by atoms with van der Waals surface area (Å²) in [6, 6.07) is 6.36. The number of rotatable bonds is 3. The average molecular weight is 268 g/mol. The normalized spacial score (nSPS) is 12.3. The minimum Gasteiger partial charge on any atom is -0.454 e. The van der Waals surface area contributed by atoms with Crippen LogP contribution >= 0.6 is 0 Å². The number of halogens is 3. The molecule has 0 spiro atoms. The molecular formula is C14H11F3O2. The van der Waals surface area contributed by atoms with Crippen LogP contribution in [-0.2, 0) is 0 Å². The van der Waals surface area contributed by atoms with Gasteiger partial charge in [-0.05, 0) is 37.3 Å². The molecule has 5 heteroatoms. The van der Waals surface area contributed by atoms with Crippen LogP contribution in [0.5, 0.6) is 11.5 Å². The van der Waals surface area contributed by atoms with Gasteiger partial charge in [-0.2, -0.15) is 0 Å². The summed E-state index contributed by atoms with van der Waals surface area (Å²) in [5.74, 6) is -2.22. The maximum absolute atomic E-state index is 13.4. The Morgan fingerprint density at radius 3 is 2.11 bits per heavy atom. The van der Waals surface area contributed by atoms with Gasteiger partial charge in [0, 0.05) is 11.6 Å². The summed E-state index contributed by atoms with van der Waals surface area (Å²) in [5, 5.41) is 9.52. The Balaban J connectivity index is 2.38. The van der Waals surface area contributed by atoms with Crippen molar-refractivity contribution in [3.63, 3.8) is 0 Å². The molecule has 2 aromatic carbocycles. The molecule has 0 bridgehead atoms. The monoisotopic (exact) mass is 268 g/mol. The second-order valence-corrected chi connectivity index (χ2v) is 4.03. The van der Waals surface area contributed by atoms with Gasteiger partial charge in [0.15, 0.2) is 11.6 Å². The summed E-state index contributed by atoms with van der Waals surface area (Å²) in [6.07, 6.45) is -0.978. The number of aliphatic hydroxyl groups excluding tert-OH is 1. The maximum atomic E-state index is 13.4. The molecule has 2 nitrogen and oxygen atoms in total. The van der Waals surface area contributed by atoms with Crippen LogP contribution in [0.25, 0.3) is 0 Å². The molecule has 100 valence electrons. The number of ether oxygens (including phenoxy) is 1. The van der Waals surface area contributed by atoms with Crippen LogP contribution in [0.15, 0.2) is 36.4 Å². The molecule has 1 unspecified atom stereocenters. The molecule has 0 amide bonds. The van der Waals surface area contributed by atoms with Crippen LogP contribution in [-0.4, -0.2) is 5.11 Å². The summed E-state index contributed by atoms with van der Waals surface area (Å²) in [7, 11) is 0. The van der Waals surface area contributed by atoms with Crippen LogP contribution < -0.4 is 4.74 Å². The highest BCUT2D eigenvalue weighted by atomic mass is 19.1. The molecule has 2 aromatic rings. The SMILES string of the molecule is CC(O)c1cc(F)ccc1Oc1ccc(F)cc1F. The van der Waals surface area contributed by atoms with Crippen LogP contribution in [0.2, 0.25) is 0 Å². The van der Waals surface area contributed by atoms with Crippen molar-refractivity contribution in [3.05, 3.63) is 59.4 Å². The molecule has 0 aliphatic rings. The van der Waals surface area contributed by atoms with Gasteiger partial charge in [-0.1, -0.05) is 0 Å². The molecule has 0 heterocycles. The van der Waals surface area contributed by atoms with Crippen molar-refractivity contribution in [1.29, 1.82) is 0 Å². The van der Waals surface area contributed by atoms with Crippen LogP contribution in [0, 0.1) is 17.5 Å². The van der Waals surface area contributed by atoms with Crippen molar-refractivity contribution >= 4 is 0 Å². The lowest BCUT2D eigenvalue weighted by atomic mass is 10.1. The summed E-state index contributed by atoms with van der Waals surface area (Å²) >= 11 is 0. The van der Waals surface area contributed by atoms with E-state index in [1.54, 1.807) is 0 Å². The Bertz CT molecular complexity index is 597. The number of hydrogen-bond donors (Lipinski definition) is 1. The Morgan fingerprint density at radius 2 is 1.53 bits per heavy atom. The molecular weight excluding hydrogens is 257 g/mol. The third-order valence-corrected chi connectivity index (χ3v) is 2.54. The van der Waals surface area contributed by atoms with E-state index in [0.29, 0.717) is 6.07 Å². The van der Waals surface area contributed by atoms with Gasteiger partial charge in [-0.15, -0.1) is 0 Å². The van der Waals surface area contributed by atoms with Crippen LogP contribution in [0.3, 0.4) is 0 Å². The van der Waals surface area contributed by atoms with Crippen molar-refractivity contribution in [3.8, 4) is 11.5 Å². The summed E-state index contributed by atoms with van der Waals surface area (Å²) in [4.78, 5) is 0. The molecule has 0 saturated heterocycles. The Morgan fingerprint density at radius 1 is 0.947 bits per heavy atom. The van der Waals surface area contributed by atoms with Gasteiger partial charge in [0.2, 0.25) is 0 Å². The molecule has 0 aliphatic heterocycles. The molecule has 1 N–H and O–H groups in total. The predicted molar refractivity (Wildman–Crippen MR) is 63.5 cm³/mol. The molecule has 0 fully saturated rings. The first-order chi connectivity index (χ1) is 8.97. The largest absolute Gasteiger partial charge is 0.454 e. The molecule has 2 rings (SSSR count). The van der Waals surface area contributed by atoms with E-state index in [4.69, 9.17) is 4.74 Å². The lowest BCUT2D eigenvalue weighted by Crippen LogP contribution is -1.98. The highest BCUT2D eigenvalue weighted by molar-refractivity contribution is 5.39. The van der Waals surface area contributed by atoms with E-state index in [0.717, 1.165) is 24.3 Å². The minimum absolute atomic E-state index is 0.113. The molecule has 19 heavy (non-hydrogen) atoms. The summed E-state index contributed by atoms with van der Waals surface area (Å²) in [5.41, 5.74) is 0.184. The minimum atomic E-state index is -0.978. The second kappa shape index (κ2) is 5.32. The molecule has 0 aromatic heterocycles. The van der Waals surface area contributed by atoms with Crippen LogP contribution in [0.1, 0.15) is 18.6 Å². The average Bonchev–Trinajstić information content (AvgIpc) is 2.34. The van der Waals surface area contributed by atoms with Crippen molar-refractivity contribution < 1.29 is 23.0 Å². The van der Waals surface area contributed by atoms with E-state index in [1.165, 1.54) is 13.0 Å². The lowest BCUT2D eigenvalue weighted by Gasteiger charge is -2.13. The highest BCUT2D eigenvalue weighted by Gasteiger charge is 2.13. The zero-order chi connectivity index (χ0) is 14.0. The number of hydrogen-bond acceptors (Lipinski definition) is 2. The van der Waals surface area contributed by atoms with Crippen molar-refractivity contribution in [2.45, 2.75) is 13.0 Å². The Hall–Kier alpha value is -2.01. The fourth-order valence-corrected chi connectivity index (χ4v) is 1.62. The van der Waals surface area contributed by atoms with Gasteiger partial charge in [-0.25, -0.2) is 13.2 Å². The third-order valence-electron chi connectivity index (χ3n) is 2.54. The van der Waals surface area contributed by atoms with Gasteiger partial charge in [0.05, 0.1) is 6.10 Å². The highest BCUT2D eigenvalue weighted by Crippen LogP contribution is 2.31. The van der Waals surface area contributed by atoms with E-state index in [9.17, 15) is 18.3 Å². The van der Waals surface area contributed by atoms with Crippen molar-refractivity contribution in [2.24, 2.45) is 0 Å². The molecule has 1 atom stereocenters. The van der Waals surface area contributed by atoms with Gasteiger partial charge < -0.3 is 9.84 Å². The van der Waals surface area contributed by atoms with E-state index < -0.39 is 23.6 Å². The predicted octanol–water partition coefficient (Wildman–Crippen LogP) is 3.95. The third kappa shape index (κ3) is 3.06. The van der Waals surface area contributed by atoms with Crippen LogP contribution in [0.4, 0.5) is 13.2 Å². The van der Waals surface area contributed by atoms with E-state index in [1.807, 2.05) is 0 Å². The smallest absolute Gasteiger partial charge is 0.168 e. The Kier molecular flexibility index (Phi) is 3.76. The quantitative estimate of drug-likeness (QED) is 0.913. The van der Waals surface area contributed by atoms with Crippen molar-refractivity contribution in [1.82, 2.24) is 0 Å². The zero-order valence-electron chi connectivity index (χ0n) is 10.0. The number of benzene rings is 2. The topological polar surface area (TPSA) is 29.5 Å². The van der Waals surface area contributed by atoms with Gasteiger partial charge >= 0.3 is 0 Å². The summed E-state index contributed by atoms with van der Waals surface area (Å²) < 4.78 is 44.5. The standard InChI is InChI=1S/C14H11F3O2/c1-8(18)11-6-9(15)2-4-13(11)19-14-5-3-10(16)7-12(14)17/h2-8,18H,1H3. The first-order valence-corrected chi connectivity index (χ1v) is 5.58. The van der Waals surface area contributed by atoms with E-state index in [-0.39, 0.29) is 17.1 Å². The molecule has 0 radical (unpaired) electrons. The Labute approximate surface area is 108 Å². The maximum Gasteiger partial charge on any atom is 0.168 e. The lowest BCUT2D eigenvalue weighted by molar-refractivity contribution is 0.195. The molecule has 0 aliphatic carbocycles. The zero-order valence-corrected chi connectivity index (χ0v) is 10.0. The fraction of sp³-hybridized carbons (Fsp3) is 0.143. The van der Waals surface area contributed by atoms with E-state index in [2.05, 4.69) is 0 Å². The summed E-state index contributed by atoms with van der Waals surface area (Å²) in [6.45, 7) is 1.43. The first-order valence-electron chi connectivity index (χ1n) is 5.58. The van der Waals surface area contributed by atoms with Crippen molar-refractivity contribution in [2.75, 3.05) is 0 Å². The second-order valence-electron chi connectivity index (χ2n) is 4.03. The van der Waals surface area contributed by atoms with Gasteiger partial charge in [-0.3, -0.25) is 0 Å². The fourth-order valence-electron chi connectivity index (χ4n) is 1.62. The van der Waals surface area contributed by atoms with Gasteiger partial charge in [0.25, 0.3) is 0 Å². The van der Waals surface area contributed by atoms with Gasteiger partial charge in [0.1, 0.15) is 17.4 Å². The molecule has 0 saturated carbocycles. The first kappa shape index (κ1) is 13.4. The van der Waals surface area contributed by atoms with E-state index >= 15 is 0 Å². The number of aliphatic hydroxyl groups is 1.